The highest BCUT2D eigenvalue weighted by Crippen LogP contribution is 2.51. The molecular weight excluding hydrogens is 392 g/mol. The number of amides is 1. The van der Waals surface area contributed by atoms with Crippen LogP contribution in [0.5, 0.6) is 0 Å². The van der Waals surface area contributed by atoms with Crippen molar-refractivity contribution in [1.82, 2.24) is 4.90 Å². The van der Waals surface area contributed by atoms with E-state index in [0.29, 0.717) is 24.8 Å². The molecule has 2 aliphatic carbocycles. The Hall–Kier alpha value is -1.34. The molecule has 2 heterocycles. The summed E-state index contributed by atoms with van der Waals surface area (Å²) in [5.74, 6) is 1.75. The van der Waals surface area contributed by atoms with Gasteiger partial charge in [-0.05, 0) is 43.1 Å². The largest absolute Gasteiger partial charge is 0.343 e. The SMILES string of the molecule is O=C(CCc1ccccc1)N=C1S[C@H]2CS(=O)(=O)C[C@@H]2N1[C@@H]1C[C@@H]2CC[C@@H]1C2. The van der Waals surface area contributed by atoms with Gasteiger partial charge in [-0.25, -0.2) is 8.42 Å². The summed E-state index contributed by atoms with van der Waals surface area (Å²) in [6.07, 6.45) is 6.01. The molecule has 2 aliphatic heterocycles. The summed E-state index contributed by atoms with van der Waals surface area (Å²) in [4.78, 5) is 19.4. The van der Waals surface area contributed by atoms with Crippen molar-refractivity contribution in [1.29, 1.82) is 0 Å². The predicted octanol–water partition coefficient (Wildman–Crippen LogP) is 2.90. The Bertz CT molecular complexity index is 899. The van der Waals surface area contributed by atoms with Gasteiger partial charge in [0.2, 0.25) is 5.91 Å². The first-order valence-electron chi connectivity index (χ1n) is 10.3. The van der Waals surface area contributed by atoms with E-state index >= 15 is 0 Å². The fraction of sp³-hybridized carbons (Fsp3) is 0.619. The summed E-state index contributed by atoms with van der Waals surface area (Å²) in [7, 11) is -2.98. The third-order valence-electron chi connectivity index (χ3n) is 6.86. The minimum Gasteiger partial charge on any atom is -0.343 e. The number of benzene rings is 1. The number of fused-ring (bicyclic) bond motifs is 3. The second-order valence-electron chi connectivity index (χ2n) is 8.72. The molecule has 2 bridgehead atoms. The van der Waals surface area contributed by atoms with E-state index in [2.05, 4.69) is 9.89 Å². The van der Waals surface area contributed by atoms with E-state index in [-0.39, 0.29) is 28.7 Å². The zero-order chi connectivity index (χ0) is 19.3. The van der Waals surface area contributed by atoms with Crippen LogP contribution in [0.4, 0.5) is 0 Å². The van der Waals surface area contributed by atoms with Gasteiger partial charge in [0.1, 0.15) is 0 Å². The number of carbonyl (C=O) groups excluding carboxylic acids is 1. The molecule has 2 saturated carbocycles. The van der Waals surface area contributed by atoms with Crippen LogP contribution in [0.1, 0.15) is 37.7 Å². The smallest absolute Gasteiger partial charge is 0.248 e. The van der Waals surface area contributed by atoms with Crippen molar-refractivity contribution >= 4 is 32.7 Å². The molecular formula is C21H26N2O3S2. The molecule has 2 saturated heterocycles. The standard InChI is InChI=1S/C21H26N2O3S2/c24-20(9-7-14-4-2-1-3-5-14)22-21-23(17-11-15-6-8-16(17)10-15)18-12-28(25,26)13-19(18)27-21/h1-5,15-19H,6-13H2/t15-,16-,17-,18+,19+/m1/s1. The van der Waals surface area contributed by atoms with Gasteiger partial charge in [-0.3, -0.25) is 4.79 Å². The Labute approximate surface area is 170 Å². The van der Waals surface area contributed by atoms with E-state index in [0.717, 1.165) is 23.1 Å². The van der Waals surface area contributed by atoms with Crippen molar-refractivity contribution in [2.45, 2.75) is 55.9 Å². The molecule has 0 unspecified atom stereocenters. The van der Waals surface area contributed by atoms with Gasteiger partial charge in [-0.1, -0.05) is 48.5 Å². The van der Waals surface area contributed by atoms with Crippen LogP contribution in [0.3, 0.4) is 0 Å². The summed E-state index contributed by atoms with van der Waals surface area (Å²) in [6, 6.07) is 10.4. The van der Waals surface area contributed by atoms with Crippen LogP contribution in [-0.4, -0.2) is 53.2 Å². The third-order valence-corrected chi connectivity index (χ3v) is 10.1. The lowest BCUT2D eigenvalue weighted by molar-refractivity contribution is -0.117. The average molecular weight is 419 g/mol. The molecule has 0 aromatic heterocycles. The van der Waals surface area contributed by atoms with Gasteiger partial charge in [-0.15, -0.1) is 0 Å². The lowest BCUT2D eigenvalue weighted by Crippen LogP contribution is -2.47. The van der Waals surface area contributed by atoms with Crippen LogP contribution in [-0.2, 0) is 21.1 Å². The van der Waals surface area contributed by atoms with Crippen molar-refractivity contribution in [3.63, 3.8) is 0 Å². The van der Waals surface area contributed by atoms with Crippen molar-refractivity contribution in [3.8, 4) is 0 Å². The number of amidine groups is 1. The highest BCUT2D eigenvalue weighted by atomic mass is 32.2. The number of carbonyl (C=O) groups is 1. The fourth-order valence-corrected chi connectivity index (χ4v) is 9.58. The van der Waals surface area contributed by atoms with Gasteiger partial charge in [-0.2, -0.15) is 4.99 Å². The number of hydrogen-bond acceptors (Lipinski definition) is 4. The van der Waals surface area contributed by atoms with Crippen LogP contribution in [0.25, 0.3) is 0 Å². The molecule has 5 nitrogen and oxygen atoms in total. The number of nitrogens with zero attached hydrogens (tertiary/aromatic N) is 2. The van der Waals surface area contributed by atoms with Crippen LogP contribution in [0.2, 0.25) is 0 Å². The Morgan fingerprint density at radius 1 is 1.11 bits per heavy atom. The number of rotatable bonds is 4. The molecule has 0 radical (unpaired) electrons. The van der Waals surface area contributed by atoms with Gasteiger partial charge in [0.25, 0.3) is 0 Å². The van der Waals surface area contributed by atoms with Crippen molar-refractivity contribution in [2.75, 3.05) is 11.5 Å². The third kappa shape index (κ3) is 3.52. The highest BCUT2D eigenvalue weighted by Gasteiger charge is 2.54. The summed E-state index contributed by atoms with van der Waals surface area (Å²) < 4.78 is 24.4. The summed E-state index contributed by atoms with van der Waals surface area (Å²) in [6.45, 7) is 0. The van der Waals surface area contributed by atoms with Gasteiger partial charge < -0.3 is 4.90 Å². The minimum absolute atomic E-state index is 0.0000216. The van der Waals surface area contributed by atoms with E-state index in [1.807, 2.05) is 30.3 Å². The number of aliphatic imine (C=N–C) groups is 1. The maximum absolute atomic E-state index is 12.6. The second-order valence-corrected chi connectivity index (χ2v) is 12.1. The number of hydrogen-bond donors (Lipinski definition) is 0. The van der Waals surface area contributed by atoms with Gasteiger partial charge in [0.15, 0.2) is 15.0 Å². The Balaban J connectivity index is 1.35. The first-order valence-corrected chi connectivity index (χ1v) is 13.0. The van der Waals surface area contributed by atoms with Crippen molar-refractivity contribution in [2.24, 2.45) is 16.8 Å². The van der Waals surface area contributed by atoms with Crippen molar-refractivity contribution in [3.05, 3.63) is 35.9 Å². The second kappa shape index (κ2) is 7.17. The van der Waals surface area contributed by atoms with Gasteiger partial charge in [0.05, 0.1) is 17.5 Å². The minimum atomic E-state index is -2.98. The predicted molar refractivity (Wildman–Crippen MR) is 112 cm³/mol. The Kier molecular flexibility index (Phi) is 4.78. The fourth-order valence-electron chi connectivity index (χ4n) is 5.59. The number of aryl methyl sites for hydroxylation is 1. The summed E-state index contributed by atoms with van der Waals surface area (Å²) >= 11 is 1.53. The molecule has 7 heteroatoms. The van der Waals surface area contributed by atoms with E-state index in [1.165, 1.54) is 31.0 Å². The quantitative estimate of drug-likeness (QED) is 0.752. The van der Waals surface area contributed by atoms with Crippen LogP contribution in [0.15, 0.2) is 35.3 Å². The zero-order valence-electron chi connectivity index (χ0n) is 15.9. The molecule has 0 spiro atoms. The average Bonchev–Trinajstić information content (AvgIpc) is 3.40. The molecule has 1 aromatic rings. The maximum Gasteiger partial charge on any atom is 0.248 e. The van der Waals surface area contributed by atoms with E-state index in [9.17, 15) is 13.2 Å². The molecule has 4 aliphatic rings. The topological polar surface area (TPSA) is 66.8 Å². The normalized spacial score (nSPS) is 36.9. The molecule has 4 fully saturated rings. The van der Waals surface area contributed by atoms with Gasteiger partial charge in [0, 0.05) is 17.7 Å². The molecule has 5 atom stereocenters. The molecule has 150 valence electrons. The molecule has 5 rings (SSSR count). The first-order chi connectivity index (χ1) is 13.5. The van der Waals surface area contributed by atoms with Gasteiger partial charge >= 0.3 is 0 Å². The van der Waals surface area contributed by atoms with Crippen LogP contribution >= 0.6 is 11.8 Å². The highest BCUT2D eigenvalue weighted by molar-refractivity contribution is 8.15. The first kappa shape index (κ1) is 18.7. The van der Waals surface area contributed by atoms with Crippen LogP contribution < -0.4 is 0 Å². The summed E-state index contributed by atoms with van der Waals surface area (Å²) in [5, 5.41) is 0.824. The Morgan fingerprint density at radius 3 is 2.64 bits per heavy atom. The van der Waals surface area contributed by atoms with Crippen LogP contribution in [0, 0.1) is 11.8 Å². The monoisotopic (exact) mass is 418 g/mol. The molecule has 1 amide bonds. The number of thioether (sulfide) groups is 1. The van der Waals surface area contributed by atoms with Crippen molar-refractivity contribution < 1.29 is 13.2 Å². The Morgan fingerprint density at radius 2 is 1.93 bits per heavy atom. The molecule has 1 aromatic carbocycles. The lowest BCUT2D eigenvalue weighted by Gasteiger charge is -2.36. The molecule has 28 heavy (non-hydrogen) atoms. The van der Waals surface area contributed by atoms with E-state index in [1.54, 1.807) is 0 Å². The maximum atomic E-state index is 12.6. The van der Waals surface area contributed by atoms with E-state index < -0.39 is 9.84 Å². The zero-order valence-corrected chi connectivity index (χ0v) is 17.5. The number of sulfone groups is 1. The summed E-state index contributed by atoms with van der Waals surface area (Å²) in [5.41, 5.74) is 1.14. The lowest BCUT2D eigenvalue weighted by atomic mass is 9.93. The molecule has 0 N–H and O–H groups in total. The van der Waals surface area contributed by atoms with E-state index in [4.69, 9.17) is 0 Å².